The summed E-state index contributed by atoms with van der Waals surface area (Å²) in [6.07, 6.45) is 12.5. The van der Waals surface area contributed by atoms with Crippen LogP contribution < -0.4 is 56.7 Å². The molecule has 0 atom stereocenters. The quantitative estimate of drug-likeness (QED) is 0.128. The number of rotatable bonds is 7. The zero-order valence-corrected chi connectivity index (χ0v) is 48.3. The fourth-order valence-corrected chi connectivity index (χ4v) is 13.4. The summed E-state index contributed by atoms with van der Waals surface area (Å²) in [5.74, 6) is 0. The Morgan fingerprint density at radius 1 is 0.764 bits per heavy atom. The summed E-state index contributed by atoms with van der Waals surface area (Å²) >= 11 is 1.62. The van der Waals surface area contributed by atoms with Gasteiger partial charge in [0.2, 0.25) is 0 Å². The van der Waals surface area contributed by atoms with E-state index >= 15 is 0 Å². The molecule has 1 aliphatic rings. The topological polar surface area (TPSA) is 87.3 Å². The van der Waals surface area contributed by atoms with Gasteiger partial charge in [-0.1, -0.05) is 45.1 Å². The van der Waals surface area contributed by atoms with Crippen LogP contribution in [0.4, 0.5) is 0 Å². The van der Waals surface area contributed by atoms with Crippen molar-refractivity contribution < 1.29 is 97.8 Å². The number of nitrogens with zero attached hydrogens (tertiary/aromatic N) is 3. The van der Waals surface area contributed by atoms with Crippen LogP contribution in [0.2, 0.25) is 0 Å². The maximum atomic E-state index is 7.75. The molecule has 0 amide bonds. The standard InChI is InChI=1S/C19H35N2P.C19H33N2P.C3H7.2CHO.ClH.K.2Ru.2H/c2*1-17(2,3)20-13-15-11-10-12-16(21-15)14-22(18(4,5)6)19(7,8)9;1-3-2;2*1-2;;;;;;/h10-12,20H,13-14H2,1-9H3;10-13H,14H2,1-9H3;3H,1-2H3;2*1H;1H;;;;;/q;-2;3*-1;;+1;2*+3;;/p+1. The van der Waals surface area contributed by atoms with Crippen molar-refractivity contribution in [3.63, 3.8) is 0 Å². The van der Waals surface area contributed by atoms with E-state index in [0.29, 0.717) is 20.6 Å². The van der Waals surface area contributed by atoms with Crippen molar-refractivity contribution in [2.24, 2.45) is 0 Å². The zero-order chi connectivity index (χ0) is 43.1. The van der Waals surface area contributed by atoms with Crippen LogP contribution in [0.15, 0.2) is 54.0 Å². The first-order valence-corrected chi connectivity index (χ1v) is 24.1. The summed E-state index contributed by atoms with van der Waals surface area (Å²) in [6, 6.07) is 6.48. The normalized spacial score (nSPS) is 13.5. The van der Waals surface area contributed by atoms with Crippen LogP contribution in [0.1, 0.15) is 150 Å². The first kappa shape index (κ1) is 68.1. The van der Waals surface area contributed by atoms with Crippen LogP contribution in [-0.2, 0) is 59.1 Å². The van der Waals surface area contributed by atoms with Gasteiger partial charge in [-0.2, -0.15) is 25.7 Å². The van der Waals surface area contributed by atoms with Gasteiger partial charge in [0.1, 0.15) is 0 Å². The van der Waals surface area contributed by atoms with Crippen LogP contribution in [0.25, 0.3) is 10.6 Å². The van der Waals surface area contributed by atoms with Crippen LogP contribution >= 0.6 is 25.5 Å². The zero-order valence-electron chi connectivity index (χ0n) is 38.7. The third kappa shape index (κ3) is 36.8. The average molecular weight is 1020 g/mol. The first-order valence-electron chi connectivity index (χ1n) is 18.3. The summed E-state index contributed by atoms with van der Waals surface area (Å²) in [7, 11) is 3.44. The van der Waals surface area contributed by atoms with Crippen LogP contribution in [0.3, 0.4) is 0 Å². The van der Waals surface area contributed by atoms with Gasteiger partial charge in [-0.25, -0.2) is 0 Å². The van der Waals surface area contributed by atoms with Gasteiger partial charge >= 0.3 is 97.9 Å². The molecule has 1 aromatic heterocycles. The fourth-order valence-electron chi connectivity index (χ4n) is 5.68. The summed E-state index contributed by atoms with van der Waals surface area (Å²) in [6.45, 7) is 52.8. The van der Waals surface area contributed by atoms with Gasteiger partial charge < -0.3 is 32.0 Å². The minimum atomic E-state index is -0.594. The molecule has 316 valence electrons. The van der Waals surface area contributed by atoms with Crippen LogP contribution in [0, 0.1) is 6.42 Å². The van der Waals surface area contributed by atoms with Crippen molar-refractivity contribution in [1.82, 2.24) is 10.3 Å². The second-order valence-electron chi connectivity index (χ2n) is 19.1. The van der Waals surface area contributed by atoms with E-state index in [1.165, 1.54) is 11.4 Å². The third-order valence-electron chi connectivity index (χ3n) is 7.41. The molecule has 1 aliphatic heterocycles. The summed E-state index contributed by atoms with van der Waals surface area (Å²) in [5.41, 5.74) is 4.66. The summed E-state index contributed by atoms with van der Waals surface area (Å²) in [4.78, 5) is 20.4. The monoisotopic (exact) mass is 1030 g/mol. The molecule has 1 N–H and O–H groups in total. The molecule has 0 saturated carbocycles. The number of carbonyl (C=O) groups excluding carboxylic acids is 2. The van der Waals surface area contributed by atoms with E-state index in [-0.39, 0.29) is 81.9 Å². The molecule has 0 unspecified atom stereocenters. The van der Waals surface area contributed by atoms with E-state index in [4.69, 9.17) is 19.9 Å². The molecule has 2 rings (SSSR count). The molecule has 0 spiro atoms. The maximum absolute atomic E-state index is 7.75. The van der Waals surface area contributed by atoms with Crippen molar-refractivity contribution in [2.75, 3.05) is 6.16 Å². The number of allylic oxidation sites excluding steroid dienone is 4. The van der Waals surface area contributed by atoms with Gasteiger partial charge in [-0.15, -0.1) is 11.2 Å². The Morgan fingerprint density at radius 2 is 1.15 bits per heavy atom. The van der Waals surface area contributed by atoms with E-state index in [9.17, 15) is 0 Å². The fraction of sp³-hybridized carbons (Fsp3) is 0.674. The van der Waals surface area contributed by atoms with Gasteiger partial charge in [0.15, 0.2) is 0 Å². The number of halogens is 1. The van der Waals surface area contributed by atoms with Crippen molar-refractivity contribution in [3.05, 3.63) is 82.5 Å². The minimum absolute atomic E-state index is 0. The Bertz CT molecular complexity index is 1180. The Balaban J connectivity index is -0.000000175. The molecule has 0 fully saturated rings. The second kappa shape index (κ2) is 33.0. The molecule has 0 aromatic carbocycles. The van der Waals surface area contributed by atoms with Crippen molar-refractivity contribution >= 4 is 39.1 Å². The molecule has 0 aliphatic carbocycles. The Labute approximate surface area is 413 Å². The third-order valence-corrected chi connectivity index (χ3v) is 16.1. The molecular formula is C43H81ClKN4O2P2Ru2+3. The van der Waals surface area contributed by atoms with E-state index < -0.39 is 15.8 Å². The van der Waals surface area contributed by atoms with E-state index in [1.807, 2.05) is 32.5 Å². The molecule has 55 heavy (non-hydrogen) atoms. The van der Waals surface area contributed by atoms with E-state index in [2.05, 4.69) is 189 Å². The molecule has 2 heterocycles. The van der Waals surface area contributed by atoms with Crippen molar-refractivity contribution in [1.29, 1.82) is 0 Å². The van der Waals surface area contributed by atoms with Gasteiger partial charge in [-0.05, 0) is 116 Å². The predicted molar refractivity (Wildman–Crippen MR) is 245 cm³/mol. The predicted octanol–water partition coefficient (Wildman–Crippen LogP) is 9.75. The van der Waals surface area contributed by atoms with Crippen molar-refractivity contribution in [3.8, 4) is 0 Å². The summed E-state index contributed by atoms with van der Waals surface area (Å²) in [5, 5.41) is 14.4. The molecule has 1 aromatic rings. The van der Waals surface area contributed by atoms with Crippen molar-refractivity contribution in [2.45, 2.75) is 183 Å². The Kier molecular flexibility index (Phi) is 40.8. The summed E-state index contributed by atoms with van der Waals surface area (Å²) < 4.78 is 0. The molecule has 0 saturated heterocycles. The van der Waals surface area contributed by atoms with Gasteiger partial charge in [0.05, 0.1) is 44.3 Å². The Hall–Kier alpha value is 1.30. The number of pyridine rings is 1. The molecule has 0 bridgehead atoms. The SMILES string of the molecule is CC(C)(C)NCc1cccc(C[PH+](C(C)(C)C)C(C)(C)C)n1.CC(C)(C)[N-]C=C1C=CC=C(C[PH+](C(C)(C)C)C(C)(C)C)[N-]1.C[CH-]C.[CH-]=O.[CH-]=O.[Cl][RuH+2].[K+].[RuH+3]. The average Bonchev–Trinajstić information content (AvgIpc) is 3.02. The van der Waals surface area contributed by atoms with E-state index in [0.717, 1.165) is 30.3 Å². The van der Waals surface area contributed by atoms with Gasteiger partial charge in [-0.3, -0.25) is 18.6 Å². The van der Waals surface area contributed by atoms with Crippen LogP contribution in [-0.4, -0.2) is 56.4 Å². The molecule has 1 radical (unpaired) electrons. The number of aromatic nitrogens is 1. The number of hydrogen-bond acceptors (Lipinski definition) is 4. The first-order chi connectivity index (χ1) is 24.0. The van der Waals surface area contributed by atoms with Gasteiger partial charge in [0, 0.05) is 27.9 Å². The van der Waals surface area contributed by atoms with Gasteiger partial charge in [0.25, 0.3) is 0 Å². The Morgan fingerprint density at radius 3 is 1.51 bits per heavy atom. The van der Waals surface area contributed by atoms with Crippen LogP contribution in [0.5, 0.6) is 0 Å². The van der Waals surface area contributed by atoms with E-state index in [1.54, 1.807) is 17.3 Å². The molecule has 6 nitrogen and oxygen atoms in total. The number of nitrogens with one attached hydrogen (secondary N) is 1. The molecular weight excluding hydrogens is 943 g/mol. The second-order valence-corrected chi connectivity index (χ2v) is 27.7. The molecule has 12 heteroatoms. The number of hydrogen-bond donors (Lipinski definition) is 1.